The summed E-state index contributed by atoms with van der Waals surface area (Å²) in [5.74, 6) is 0.409. The van der Waals surface area contributed by atoms with Crippen molar-refractivity contribution in [2.24, 2.45) is 5.92 Å². The van der Waals surface area contributed by atoms with Gasteiger partial charge in [-0.15, -0.1) is 11.6 Å². The summed E-state index contributed by atoms with van der Waals surface area (Å²) < 4.78 is 0. The first-order valence-electron chi connectivity index (χ1n) is 5.10. The maximum atomic E-state index is 11.7. The second-order valence-electron chi connectivity index (χ2n) is 3.92. The van der Waals surface area contributed by atoms with Gasteiger partial charge in [-0.3, -0.25) is 9.59 Å². The molecule has 16 heavy (non-hydrogen) atoms. The van der Waals surface area contributed by atoms with Crippen molar-refractivity contribution >= 4 is 17.5 Å². The number of nitrogens with one attached hydrogen (secondary N) is 2. The van der Waals surface area contributed by atoms with Crippen molar-refractivity contribution in [3.63, 3.8) is 0 Å². The van der Waals surface area contributed by atoms with Crippen LogP contribution in [0.3, 0.4) is 0 Å². The van der Waals surface area contributed by atoms with Gasteiger partial charge in [-0.05, 0) is 12.0 Å². The zero-order valence-corrected chi connectivity index (χ0v) is 10.0. The van der Waals surface area contributed by atoms with E-state index in [4.69, 9.17) is 11.6 Å². The Bertz CT molecular complexity index is 394. The van der Waals surface area contributed by atoms with Crippen molar-refractivity contribution in [3.8, 4) is 0 Å². The van der Waals surface area contributed by atoms with E-state index in [1.807, 2.05) is 13.8 Å². The summed E-state index contributed by atoms with van der Waals surface area (Å²) in [7, 11) is 0. The zero-order chi connectivity index (χ0) is 12.1. The molecule has 1 unspecified atom stereocenters. The Morgan fingerprint density at radius 3 is 2.62 bits per heavy atom. The fourth-order valence-electron chi connectivity index (χ4n) is 1.19. The van der Waals surface area contributed by atoms with Gasteiger partial charge in [0.05, 0.1) is 5.56 Å². The molecule has 1 heterocycles. The smallest absolute Gasteiger partial charge is 0.253 e. The highest BCUT2D eigenvalue weighted by Crippen LogP contribution is 2.05. The van der Waals surface area contributed by atoms with Crippen LogP contribution in [0.4, 0.5) is 0 Å². The van der Waals surface area contributed by atoms with Crippen LogP contribution in [0, 0.1) is 5.92 Å². The van der Waals surface area contributed by atoms with Gasteiger partial charge in [0.25, 0.3) is 5.91 Å². The molecule has 0 bridgehead atoms. The van der Waals surface area contributed by atoms with Crippen LogP contribution in [0.15, 0.2) is 23.1 Å². The maximum absolute atomic E-state index is 11.7. The first-order chi connectivity index (χ1) is 7.54. The third-order valence-corrected chi connectivity index (χ3v) is 2.67. The second kappa shape index (κ2) is 5.70. The molecular formula is C11H15ClN2O2. The fourth-order valence-corrected chi connectivity index (χ4v) is 1.62. The van der Waals surface area contributed by atoms with E-state index < -0.39 is 0 Å². The molecule has 0 fully saturated rings. The number of rotatable bonds is 4. The quantitative estimate of drug-likeness (QED) is 0.784. The van der Waals surface area contributed by atoms with Crippen LogP contribution in [-0.4, -0.2) is 22.8 Å². The van der Waals surface area contributed by atoms with Crippen LogP contribution >= 0.6 is 11.6 Å². The second-order valence-corrected chi connectivity index (χ2v) is 4.23. The Morgan fingerprint density at radius 1 is 1.50 bits per heavy atom. The van der Waals surface area contributed by atoms with Crippen LogP contribution in [0.25, 0.3) is 0 Å². The van der Waals surface area contributed by atoms with E-state index in [2.05, 4.69) is 10.3 Å². The van der Waals surface area contributed by atoms with E-state index in [-0.39, 0.29) is 23.4 Å². The van der Waals surface area contributed by atoms with Gasteiger partial charge >= 0.3 is 0 Å². The number of aromatic amines is 1. The lowest BCUT2D eigenvalue weighted by Crippen LogP contribution is -2.40. The summed E-state index contributed by atoms with van der Waals surface area (Å²) in [6.07, 6.45) is 1.39. The first kappa shape index (κ1) is 12.8. The number of halogens is 1. The van der Waals surface area contributed by atoms with Crippen molar-refractivity contribution in [2.75, 3.05) is 5.88 Å². The van der Waals surface area contributed by atoms with Gasteiger partial charge < -0.3 is 10.3 Å². The van der Waals surface area contributed by atoms with E-state index in [1.54, 1.807) is 0 Å². The van der Waals surface area contributed by atoms with Gasteiger partial charge in [0.1, 0.15) is 0 Å². The summed E-state index contributed by atoms with van der Waals surface area (Å²) in [5, 5.41) is 2.81. The molecule has 0 spiro atoms. The Balaban J connectivity index is 2.71. The molecule has 0 aromatic carbocycles. The van der Waals surface area contributed by atoms with Crippen molar-refractivity contribution < 1.29 is 4.79 Å². The maximum Gasteiger partial charge on any atom is 0.253 e. The molecule has 0 aliphatic rings. The number of alkyl halides is 1. The Labute approximate surface area is 99.0 Å². The number of H-pyrrole nitrogens is 1. The Hall–Kier alpha value is -1.29. The monoisotopic (exact) mass is 242 g/mol. The SMILES string of the molecule is CC(C)C(CCl)NC(=O)c1ccc(=O)[nH]c1. The molecule has 0 saturated heterocycles. The fraction of sp³-hybridized carbons (Fsp3) is 0.455. The molecule has 88 valence electrons. The highest BCUT2D eigenvalue weighted by molar-refractivity contribution is 6.18. The molecule has 0 saturated carbocycles. The van der Waals surface area contributed by atoms with Crippen molar-refractivity contribution in [2.45, 2.75) is 19.9 Å². The predicted octanol–water partition coefficient (Wildman–Crippen LogP) is 1.37. The number of carbonyl (C=O) groups excluding carboxylic acids is 1. The summed E-state index contributed by atoms with van der Waals surface area (Å²) in [6.45, 7) is 3.97. The van der Waals surface area contributed by atoms with Gasteiger partial charge in [-0.1, -0.05) is 13.8 Å². The van der Waals surface area contributed by atoms with E-state index in [0.29, 0.717) is 11.4 Å². The Morgan fingerprint density at radius 2 is 2.19 bits per heavy atom. The molecule has 0 aliphatic heterocycles. The van der Waals surface area contributed by atoms with Crippen LogP contribution in [0.5, 0.6) is 0 Å². The van der Waals surface area contributed by atoms with Gasteiger partial charge in [0, 0.05) is 24.2 Å². The van der Waals surface area contributed by atoms with Gasteiger partial charge in [0.15, 0.2) is 0 Å². The first-order valence-corrected chi connectivity index (χ1v) is 5.63. The lowest BCUT2D eigenvalue weighted by Gasteiger charge is -2.19. The summed E-state index contributed by atoms with van der Waals surface area (Å²) in [5.41, 5.74) is 0.199. The molecule has 5 heteroatoms. The number of pyridine rings is 1. The zero-order valence-electron chi connectivity index (χ0n) is 9.29. The minimum Gasteiger partial charge on any atom is -0.348 e. The molecule has 0 aliphatic carbocycles. The summed E-state index contributed by atoms with van der Waals surface area (Å²) in [4.78, 5) is 25.0. The molecule has 1 rings (SSSR count). The van der Waals surface area contributed by atoms with Crippen molar-refractivity contribution in [3.05, 3.63) is 34.2 Å². The lowest BCUT2D eigenvalue weighted by molar-refractivity contribution is 0.0931. The van der Waals surface area contributed by atoms with Crippen LogP contribution in [0.1, 0.15) is 24.2 Å². The molecule has 1 aromatic rings. The highest BCUT2D eigenvalue weighted by atomic mass is 35.5. The van der Waals surface area contributed by atoms with Gasteiger partial charge in [-0.2, -0.15) is 0 Å². The van der Waals surface area contributed by atoms with Crippen molar-refractivity contribution in [1.82, 2.24) is 10.3 Å². The summed E-state index contributed by atoms with van der Waals surface area (Å²) in [6, 6.07) is 2.74. The minimum absolute atomic E-state index is 0.0684. The number of hydrogen-bond donors (Lipinski definition) is 2. The molecule has 4 nitrogen and oxygen atoms in total. The standard InChI is InChI=1S/C11H15ClN2O2/c1-7(2)9(5-12)14-11(16)8-3-4-10(15)13-6-8/h3-4,6-7,9H,5H2,1-2H3,(H,13,15)(H,14,16). The molecule has 1 atom stereocenters. The van der Waals surface area contributed by atoms with E-state index in [0.717, 1.165) is 0 Å². The van der Waals surface area contributed by atoms with E-state index >= 15 is 0 Å². The average Bonchev–Trinajstić information content (AvgIpc) is 2.26. The number of aromatic nitrogens is 1. The molecular weight excluding hydrogens is 228 g/mol. The van der Waals surface area contributed by atoms with Gasteiger partial charge in [0.2, 0.25) is 5.56 Å². The number of amides is 1. The normalized spacial score (nSPS) is 12.5. The number of carbonyl (C=O) groups is 1. The Kier molecular flexibility index (Phi) is 4.55. The molecule has 2 N–H and O–H groups in total. The van der Waals surface area contributed by atoms with Crippen molar-refractivity contribution in [1.29, 1.82) is 0 Å². The highest BCUT2D eigenvalue weighted by Gasteiger charge is 2.15. The third kappa shape index (κ3) is 3.38. The van der Waals surface area contributed by atoms with Crippen LogP contribution < -0.4 is 10.9 Å². The largest absolute Gasteiger partial charge is 0.348 e. The van der Waals surface area contributed by atoms with E-state index in [1.165, 1.54) is 18.3 Å². The predicted molar refractivity (Wildman–Crippen MR) is 63.9 cm³/mol. The lowest BCUT2D eigenvalue weighted by atomic mass is 10.1. The third-order valence-electron chi connectivity index (χ3n) is 2.33. The molecule has 1 amide bonds. The minimum atomic E-state index is -0.227. The summed E-state index contributed by atoms with van der Waals surface area (Å²) >= 11 is 5.75. The molecule has 1 aromatic heterocycles. The topological polar surface area (TPSA) is 62.0 Å². The average molecular weight is 243 g/mol. The van der Waals surface area contributed by atoms with Crippen LogP contribution in [-0.2, 0) is 0 Å². The van der Waals surface area contributed by atoms with E-state index in [9.17, 15) is 9.59 Å². The van der Waals surface area contributed by atoms with Crippen LogP contribution in [0.2, 0.25) is 0 Å². The van der Waals surface area contributed by atoms with Gasteiger partial charge in [-0.25, -0.2) is 0 Å². The number of hydrogen-bond acceptors (Lipinski definition) is 2. The molecule has 0 radical (unpaired) electrons.